The van der Waals surface area contributed by atoms with Crippen LogP contribution in [0.2, 0.25) is 0 Å². The van der Waals surface area contributed by atoms with Crippen LogP contribution in [0.4, 0.5) is 0 Å². The zero-order valence-corrected chi connectivity index (χ0v) is 10.9. The summed E-state index contributed by atoms with van der Waals surface area (Å²) in [6, 6.07) is 0. The van der Waals surface area contributed by atoms with Crippen LogP contribution in [0.3, 0.4) is 0 Å². The largest absolute Gasteiger partial charge is 0.469 e. The van der Waals surface area contributed by atoms with Crippen molar-refractivity contribution in [1.82, 2.24) is 4.90 Å². The van der Waals surface area contributed by atoms with Crippen molar-refractivity contribution in [2.75, 3.05) is 33.9 Å². The van der Waals surface area contributed by atoms with Gasteiger partial charge in [0.05, 0.1) is 31.5 Å². The van der Waals surface area contributed by atoms with Gasteiger partial charge in [-0.15, -0.1) is 0 Å². The summed E-state index contributed by atoms with van der Waals surface area (Å²) in [7, 11) is 2.84. The topological polar surface area (TPSA) is 81.9 Å². The molecule has 0 saturated heterocycles. The summed E-state index contributed by atoms with van der Waals surface area (Å²) >= 11 is 4.67. The van der Waals surface area contributed by atoms with Crippen molar-refractivity contribution in [2.45, 2.75) is 12.8 Å². The van der Waals surface area contributed by atoms with Crippen molar-refractivity contribution in [3.8, 4) is 0 Å². The monoisotopic (exact) mass is 262 g/mol. The summed E-state index contributed by atoms with van der Waals surface area (Å²) in [6.45, 7) is 1.07. The molecule has 0 aliphatic heterocycles. The Balaban J connectivity index is 4.25. The second-order valence-electron chi connectivity index (χ2n) is 3.34. The molecule has 0 saturated carbocycles. The number of hydrogen-bond donors (Lipinski definition) is 1. The number of amides is 1. The van der Waals surface area contributed by atoms with Gasteiger partial charge in [0, 0.05) is 20.2 Å². The van der Waals surface area contributed by atoms with Crippen LogP contribution >= 0.6 is 12.2 Å². The molecule has 0 unspecified atom stereocenters. The van der Waals surface area contributed by atoms with Crippen LogP contribution in [0.25, 0.3) is 0 Å². The Labute approximate surface area is 106 Å². The van der Waals surface area contributed by atoms with Crippen molar-refractivity contribution < 1.29 is 19.1 Å². The molecule has 0 radical (unpaired) electrons. The number of rotatable bonds is 8. The van der Waals surface area contributed by atoms with Gasteiger partial charge in [-0.2, -0.15) is 0 Å². The quantitative estimate of drug-likeness (QED) is 0.478. The first kappa shape index (κ1) is 15.8. The number of methoxy groups -OCH3 is 2. The van der Waals surface area contributed by atoms with E-state index in [0.29, 0.717) is 13.2 Å². The van der Waals surface area contributed by atoms with Crippen LogP contribution in [-0.4, -0.2) is 55.7 Å². The van der Waals surface area contributed by atoms with Gasteiger partial charge in [-0.1, -0.05) is 12.2 Å². The van der Waals surface area contributed by atoms with E-state index >= 15 is 0 Å². The summed E-state index contributed by atoms with van der Waals surface area (Å²) < 4.78 is 9.39. The summed E-state index contributed by atoms with van der Waals surface area (Å²) in [5.41, 5.74) is 5.30. The third-order valence-electron chi connectivity index (χ3n) is 2.06. The Kier molecular flexibility index (Phi) is 8.25. The van der Waals surface area contributed by atoms with Crippen molar-refractivity contribution in [3.63, 3.8) is 0 Å². The van der Waals surface area contributed by atoms with E-state index in [0.717, 1.165) is 0 Å². The molecular weight excluding hydrogens is 244 g/mol. The van der Waals surface area contributed by atoms with Gasteiger partial charge in [0.15, 0.2) is 0 Å². The van der Waals surface area contributed by atoms with Gasteiger partial charge >= 0.3 is 5.97 Å². The molecule has 0 aliphatic carbocycles. The zero-order chi connectivity index (χ0) is 13.3. The Morgan fingerprint density at radius 2 is 1.94 bits per heavy atom. The van der Waals surface area contributed by atoms with E-state index in [1.54, 1.807) is 0 Å². The van der Waals surface area contributed by atoms with Crippen LogP contribution in [-0.2, 0) is 19.1 Å². The summed E-state index contributed by atoms with van der Waals surface area (Å²) in [5, 5.41) is 0. The van der Waals surface area contributed by atoms with E-state index in [-0.39, 0.29) is 36.3 Å². The molecule has 1 amide bonds. The fourth-order valence-electron chi connectivity index (χ4n) is 1.15. The maximum Gasteiger partial charge on any atom is 0.307 e. The molecule has 2 N–H and O–H groups in total. The molecular formula is C10H18N2O4S. The van der Waals surface area contributed by atoms with E-state index in [1.807, 2.05) is 0 Å². The first-order valence-corrected chi connectivity index (χ1v) is 5.54. The number of nitrogens with two attached hydrogens (primary N) is 1. The standard InChI is InChI=1S/C10H18N2O4S/c1-15-6-5-12(4-3-10(14)16-2)9(13)7-8(11)17/h3-7H2,1-2H3,(H2,11,17). The summed E-state index contributed by atoms with van der Waals surface area (Å²) in [6.07, 6.45) is 0.142. The van der Waals surface area contributed by atoms with Crippen molar-refractivity contribution in [2.24, 2.45) is 5.73 Å². The van der Waals surface area contributed by atoms with Crippen molar-refractivity contribution in [1.29, 1.82) is 0 Å². The minimum atomic E-state index is -0.365. The molecule has 0 aromatic carbocycles. The summed E-state index contributed by atoms with van der Waals surface area (Å²) in [4.78, 5) is 24.3. The van der Waals surface area contributed by atoms with Crippen LogP contribution in [0.1, 0.15) is 12.8 Å². The Hall–Kier alpha value is -1.21. The summed E-state index contributed by atoms with van der Waals surface area (Å²) in [5.74, 6) is -0.575. The third-order valence-corrected chi connectivity index (χ3v) is 2.20. The minimum absolute atomic E-state index is 0.000218. The van der Waals surface area contributed by atoms with Crippen LogP contribution in [0.5, 0.6) is 0 Å². The molecule has 0 bridgehead atoms. The Morgan fingerprint density at radius 1 is 1.29 bits per heavy atom. The lowest BCUT2D eigenvalue weighted by Crippen LogP contribution is -2.37. The van der Waals surface area contributed by atoms with Crippen LogP contribution in [0, 0.1) is 0 Å². The number of hydrogen-bond acceptors (Lipinski definition) is 5. The molecule has 0 heterocycles. The van der Waals surface area contributed by atoms with Gasteiger partial charge in [0.1, 0.15) is 0 Å². The maximum absolute atomic E-state index is 11.7. The zero-order valence-electron chi connectivity index (χ0n) is 10.1. The number of carbonyl (C=O) groups excluding carboxylic acids is 2. The molecule has 7 heteroatoms. The predicted molar refractivity (Wildman–Crippen MR) is 66.5 cm³/mol. The van der Waals surface area contributed by atoms with Gasteiger partial charge in [-0.3, -0.25) is 9.59 Å². The highest BCUT2D eigenvalue weighted by atomic mass is 32.1. The lowest BCUT2D eigenvalue weighted by atomic mass is 10.3. The van der Waals surface area contributed by atoms with Crippen LogP contribution in [0.15, 0.2) is 0 Å². The molecule has 0 rings (SSSR count). The van der Waals surface area contributed by atoms with Gasteiger partial charge in [0.2, 0.25) is 5.91 Å². The molecule has 0 aromatic rings. The predicted octanol–water partition coefficient (Wildman–Crippen LogP) is -0.299. The van der Waals surface area contributed by atoms with Gasteiger partial charge in [0.25, 0.3) is 0 Å². The average molecular weight is 262 g/mol. The van der Waals surface area contributed by atoms with E-state index in [1.165, 1.54) is 19.1 Å². The van der Waals surface area contributed by atoms with Gasteiger partial charge < -0.3 is 20.1 Å². The number of nitrogens with zero attached hydrogens (tertiary/aromatic N) is 1. The molecule has 0 fully saturated rings. The van der Waals surface area contributed by atoms with Crippen molar-refractivity contribution >= 4 is 29.1 Å². The minimum Gasteiger partial charge on any atom is -0.469 e. The Bertz CT molecular complexity index is 283. The first-order chi connectivity index (χ1) is 8.01. The first-order valence-electron chi connectivity index (χ1n) is 5.13. The SMILES string of the molecule is COCCN(CCC(=O)OC)C(=O)CC(N)=S. The molecule has 6 nitrogen and oxygen atoms in total. The fraction of sp³-hybridized carbons (Fsp3) is 0.700. The number of carbonyl (C=O) groups is 2. The van der Waals surface area contributed by atoms with Gasteiger partial charge in [-0.25, -0.2) is 0 Å². The number of ether oxygens (including phenoxy) is 2. The third kappa shape index (κ3) is 7.64. The molecule has 98 valence electrons. The highest BCUT2D eigenvalue weighted by Crippen LogP contribution is 1.98. The fourth-order valence-corrected chi connectivity index (χ4v) is 1.28. The smallest absolute Gasteiger partial charge is 0.307 e. The van der Waals surface area contributed by atoms with Gasteiger partial charge in [-0.05, 0) is 0 Å². The highest BCUT2D eigenvalue weighted by molar-refractivity contribution is 7.80. The molecule has 17 heavy (non-hydrogen) atoms. The molecule has 0 spiro atoms. The second kappa shape index (κ2) is 8.89. The second-order valence-corrected chi connectivity index (χ2v) is 3.87. The number of thiocarbonyl (C=S) groups is 1. The van der Waals surface area contributed by atoms with E-state index in [9.17, 15) is 9.59 Å². The average Bonchev–Trinajstić information content (AvgIpc) is 2.27. The van der Waals surface area contributed by atoms with E-state index < -0.39 is 0 Å². The van der Waals surface area contributed by atoms with Crippen molar-refractivity contribution in [3.05, 3.63) is 0 Å². The van der Waals surface area contributed by atoms with E-state index in [2.05, 4.69) is 17.0 Å². The van der Waals surface area contributed by atoms with Crippen LogP contribution < -0.4 is 5.73 Å². The maximum atomic E-state index is 11.7. The highest BCUT2D eigenvalue weighted by Gasteiger charge is 2.15. The molecule has 0 aromatic heterocycles. The molecule has 0 aliphatic rings. The number of esters is 1. The molecule has 0 atom stereocenters. The van der Waals surface area contributed by atoms with E-state index in [4.69, 9.17) is 10.5 Å². The Morgan fingerprint density at radius 3 is 2.41 bits per heavy atom. The lowest BCUT2D eigenvalue weighted by molar-refractivity contribution is -0.141. The lowest BCUT2D eigenvalue weighted by Gasteiger charge is -2.21. The normalized spacial score (nSPS) is 9.76.